The van der Waals surface area contributed by atoms with Crippen LogP contribution in [0.15, 0.2) is 28.8 Å². The number of hydrogen-bond acceptors (Lipinski definition) is 4. The summed E-state index contributed by atoms with van der Waals surface area (Å²) in [6.07, 6.45) is 7.02. The van der Waals surface area contributed by atoms with E-state index in [1.165, 1.54) is 18.4 Å². The number of aryl methyl sites for hydroxylation is 2. The number of nitrogens with zero attached hydrogens (tertiary/aromatic N) is 3. The van der Waals surface area contributed by atoms with Gasteiger partial charge in [0.1, 0.15) is 0 Å². The van der Waals surface area contributed by atoms with Gasteiger partial charge in [0.15, 0.2) is 5.82 Å². The van der Waals surface area contributed by atoms with Gasteiger partial charge in [-0.3, -0.25) is 4.79 Å². The lowest BCUT2D eigenvalue weighted by Gasteiger charge is -2.32. The Balaban J connectivity index is 1.21. The van der Waals surface area contributed by atoms with Gasteiger partial charge < -0.3 is 9.42 Å². The van der Waals surface area contributed by atoms with Gasteiger partial charge in [0.05, 0.1) is 6.42 Å². The van der Waals surface area contributed by atoms with Gasteiger partial charge in [0.25, 0.3) is 0 Å². The normalized spacial score (nSPS) is 18.3. The monoisotopic (exact) mass is 353 g/mol. The first-order chi connectivity index (χ1) is 12.7. The Morgan fingerprint density at radius 1 is 1.23 bits per heavy atom. The third-order valence-electron chi connectivity index (χ3n) is 5.59. The number of piperidine rings is 1. The summed E-state index contributed by atoms with van der Waals surface area (Å²) in [4.78, 5) is 19.1. The van der Waals surface area contributed by atoms with Crippen molar-refractivity contribution >= 4 is 5.91 Å². The summed E-state index contributed by atoms with van der Waals surface area (Å²) in [6, 6.07) is 8.23. The molecule has 1 aromatic carbocycles. The van der Waals surface area contributed by atoms with Crippen molar-refractivity contribution in [3.05, 3.63) is 47.1 Å². The second kappa shape index (κ2) is 7.60. The van der Waals surface area contributed by atoms with Gasteiger partial charge in [-0.2, -0.15) is 4.98 Å². The lowest BCUT2D eigenvalue weighted by Crippen LogP contribution is -2.39. The number of hydrogen-bond donors (Lipinski definition) is 0. The largest absolute Gasteiger partial charge is 0.342 e. The van der Waals surface area contributed by atoms with Gasteiger partial charge in [0.2, 0.25) is 11.8 Å². The van der Waals surface area contributed by atoms with Gasteiger partial charge in [-0.05, 0) is 50.5 Å². The summed E-state index contributed by atoms with van der Waals surface area (Å²) in [5.41, 5.74) is 2.32. The lowest BCUT2D eigenvalue weighted by atomic mass is 9.92. The minimum Gasteiger partial charge on any atom is -0.342 e. The molecule has 2 aliphatic rings. The first kappa shape index (κ1) is 17.3. The molecule has 4 rings (SSSR count). The maximum atomic E-state index is 12.5. The van der Waals surface area contributed by atoms with E-state index in [0.29, 0.717) is 18.3 Å². The topological polar surface area (TPSA) is 59.2 Å². The van der Waals surface area contributed by atoms with E-state index >= 15 is 0 Å². The molecule has 26 heavy (non-hydrogen) atoms. The molecule has 0 spiro atoms. The summed E-state index contributed by atoms with van der Waals surface area (Å²) in [5.74, 6) is 3.11. The molecular formula is C21H27N3O2. The van der Waals surface area contributed by atoms with Crippen molar-refractivity contribution in [1.82, 2.24) is 15.0 Å². The van der Waals surface area contributed by atoms with Crippen LogP contribution in [0.2, 0.25) is 0 Å². The average Bonchev–Trinajstić information content (AvgIpc) is 3.39. The first-order valence-electron chi connectivity index (χ1n) is 9.83. The standard InChI is InChI=1S/C21H27N3O2/c1-15-3-2-4-17(13-15)14-20(25)24-11-9-16(10-12-24)5-8-19-22-21(26-23-19)18-6-7-18/h2-4,13,16,18H,5-12,14H2,1H3. The van der Waals surface area contributed by atoms with E-state index in [-0.39, 0.29) is 5.91 Å². The SMILES string of the molecule is Cc1cccc(CC(=O)N2CCC(CCc3noc(C4CC4)n3)CC2)c1. The van der Waals surface area contributed by atoms with Crippen molar-refractivity contribution in [1.29, 1.82) is 0 Å². The van der Waals surface area contributed by atoms with Crippen molar-refractivity contribution in [3.63, 3.8) is 0 Å². The van der Waals surface area contributed by atoms with E-state index in [4.69, 9.17) is 4.52 Å². The molecule has 0 bridgehead atoms. The van der Waals surface area contributed by atoms with Gasteiger partial charge >= 0.3 is 0 Å². The minimum absolute atomic E-state index is 0.251. The highest BCUT2D eigenvalue weighted by Crippen LogP contribution is 2.38. The molecule has 1 saturated carbocycles. The number of carbonyl (C=O) groups excluding carboxylic acids is 1. The summed E-state index contributed by atoms with van der Waals surface area (Å²) in [7, 11) is 0. The zero-order chi connectivity index (χ0) is 17.9. The molecule has 5 heteroatoms. The summed E-state index contributed by atoms with van der Waals surface area (Å²) in [5, 5.41) is 4.11. The molecular weight excluding hydrogens is 326 g/mol. The molecule has 1 amide bonds. The fraction of sp³-hybridized carbons (Fsp3) is 0.571. The molecule has 5 nitrogen and oxygen atoms in total. The summed E-state index contributed by atoms with van der Waals surface area (Å²) < 4.78 is 5.33. The van der Waals surface area contributed by atoms with Crippen LogP contribution in [-0.2, 0) is 17.6 Å². The minimum atomic E-state index is 0.251. The number of amides is 1. The fourth-order valence-corrected chi connectivity index (χ4v) is 3.78. The van der Waals surface area contributed by atoms with Crippen LogP contribution < -0.4 is 0 Å². The number of likely N-dealkylation sites (tertiary alicyclic amines) is 1. The van der Waals surface area contributed by atoms with E-state index in [0.717, 1.165) is 56.1 Å². The average molecular weight is 353 g/mol. The number of benzene rings is 1. The fourth-order valence-electron chi connectivity index (χ4n) is 3.78. The molecule has 1 aromatic heterocycles. The van der Waals surface area contributed by atoms with Gasteiger partial charge in [-0.1, -0.05) is 35.0 Å². The second-order valence-electron chi connectivity index (χ2n) is 7.85. The van der Waals surface area contributed by atoms with E-state index in [2.05, 4.69) is 29.2 Å². The Kier molecular flexibility index (Phi) is 5.05. The molecule has 138 valence electrons. The van der Waals surface area contributed by atoms with Crippen LogP contribution in [0.3, 0.4) is 0 Å². The first-order valence-corrected chi connectivity index (χ1v) is 9.83. The van der Waals surface area contributed by atoms with Crippen molar-refractivity contribution in [2.45, 2.75) is 57.8 Å². The maximum absolute atomic E-state index is 12.5. The zero-order valence-electron chi connectivity index (χ0n) is 15.5. The predicted molar refractivity (Wildman–Crippen MR) is 98.8 cm³/mol. The van der Waals surface area contributed by atoms with E-state index in [9.17, 15) is 4.79 Å². The van der Waals surface area contributed by atoms with Crippen LogP contribution in [0.5, 0.6) is 0 Å². The molecule has 0 unspecified atom stereocenters. The molecule has 1 aliphatic carbocycles. The van der Waals surface area contributed by atoms with Crippen molar-refractivity contribution in [2.75, 3.05) is 13.1 Å². The Morgan fingerprint density at radius 2 is 2.04 bits per heavy atom. The highest BCUT2D eigenvalue weighted by atomic mass is 16.5. The molecule has 2 aromatic rings. The molecule has 2 heterocycles. The van der Waals surface area contributed by atoms with Crippen LogP contribution >= 0.6 is 0 Å². The number of carbonyl (C=O) groups is 1. The Morgan fingerprint density at radius 3 is 2.77 bits per heavy atom. The Hall–Kier alpha value is -2.17. The molecule has 2 fully saturated rings. The van der Waals surface area contributed by atoms with Crippen LogP contribution in [0.1, 0.15) is 60.9 Å². The lowest BCUT2D eigenvalue weighted by molar-refractivity contribution is -0.131. The molecule has 0 radical (unpaired) electrons. The zero-order valence-corrected chi connectivity index (χ0v) is 15.5. The van der Waals surface area contributed by atoms with Crippen LogP contribution in [-0.4, -0.2) is 34.0 Å². The van der Waals surface area contributed by atoms with Crippen LogP contribution in [0, 0.1) is 12.8 Å². The molecule has 1 aliphatic heterocycles. The van der Waals surface area contributed by atoms with Crippen molar-refractivity contribution in [3.8, 4) is 0 Å². The summed E-state index contributed by atoms with van der Waals surface area (Å²) in [6.45, 7) is 3.81. The van der Waals surface area contributed by atoms with Crippen molar-refractivity contribution in [2.24, 2.45) is 5.92 Å². The van der Waals surface area contributed by atoms with E-state index < -0.39 is 0 Å². The molecule has 0 atom stereocenters. The highest BCUT2D eigenvalue weighted by molar-refractivity contribution is 5.78. The second-order valence-corrected chi connectivity index (χ2v) is 7.85. The third-order valence-corrected chi connectivity index (χ3v) is 5.59. The maximum Gasteiger partial charge on any atom is 0.229 e. The van der Waals surface area contributed by atoms with Crippen LogP contribution in [0.25, 0.3) is 0 Å². The predicted octanol–water partition coefficient (Wildman–Crippen LogP) is 3.67. The van der Waals surface area contributed by atoms with E-state index in [1.807, 2.05) is 17.0 Å². The molecule has 1 saturated heterocycles. The smallest absolute Gasteiger partial charge is 0.229 e. The summed E-state index contributed by atoms with van der Waals surface area (Å²) >= 11 is 0. The van der Waals surface area contributed by atoms with E-state index in [1.54, 1.807) is 0 Å². The van der Waals surface area contributed by atoms with Gasteiger partial charge in [-0.25, -0.2) is 0 Å². The number of rotatable bonds is 6. The molecule has 0 N–H and O–H groups in total. The quantitative estimate of drug-likeness (QED) is 0.795. The third kappa shape index (κ3) is 4.32. The highest BCUT2D eigenvalue weighted by Gasteiger charge is 2.30. The Bertz CT molecular complexity index is 758. The Labute approximate surface area is 154 Å². The van der Waals surface area contributed by atoms with Crippen LogP contribution in [0.4, 0.5) is 0 Å². The number of aromatic nitrogens is 2. The van der Waals surface area contributed by atoms with Crippen molar-refractivity contribution < 1.29 is 9.32 Å². The van der Waals surface area contributed by atoms with Gasteiger partial charge in [0, 0.05) is 25.4 Å². The van der Waals surface area contributed by atoms with Gasteiger partial charge in [-0.15, -0.1) is 0 Å².